The summed E-state index contributed by atoms with van der Waals surface area (Å²) in [7, 11) is 0. The number of aryl methyl sites for hydroxylation is 6. The third-order valence-corrected chi connectivity index (χ3v) is 12.0. The highest BCUT2D eigenvalue weighted by atomic mass is 15.0. The maximum atomic E-state index is 10.6. The molecule has 0 aliphatic heterocycles. The highest BCUT2D eigenvalue weighted by Crippen LogP contribution is 2.44. The van der Waals surface area contributed by atoms with Gasteiger partial charge in [-0.1, -0.05) is 102 Å². The van der Waals surface area contributed by atoms with E-state index in [9.17, 15) is 5.26 Å². The monoisotopic (exact) mass is 746 g/mol. The molecular weight excluding hydrogens is 705 g/mol. The Hall–Kier alpha value is -7.22. The van der Waals surface area contributed by atoms with Crippen LogP contribution in [0.3, 0.4) is 0 Å². The van der Waals surface area contributed by atoms with Crippen LogP contribution in [0.15, 0.2) is 146 Å². The van der Waals surface area contributed by atoms with Crippen LogP contribution in [0.2, 0.25) is 0 Å². The second-order valence-corrected chi connectivity index (χ2v) is 15.9. The lowest BCUT2D eigenvalue weighted by Crippen LogP contribution is -2.05. The van der Waals surface area contributed by atoms with E-state index in [0.717, 1.165) is 55.3 Å². The number of hydrogen-bond acceptors (Lipinski definition) is 2. The number of pyridine rings is 1. The Balaban J connectivity index is 1.29. The van der Waals surface area contributed by atoms with Gasteiger partial charge < -0.3 is 9.13 Å². The first kappa shape index (κ1) is 35.2. The minimum Gasteiger partial charge on any atom is -0.307 e. The van der Waals surface area contributed by atoms with E-state index in [4.69, 9.17) is 4.98 Å². The molecule has 0 bridgehead atoms. The molecule has 0 unspecified atom stereocenters. The summed E-state index contributed by atoms with van der Waals surface area (Å²) in [6, 6.07) is 50.6. The first-order chi connectivity index (χ1) is 28.2. The summed E-state index contributed by atoms with van der Waals surface area (Å²) in [6.07, 6.45) is 3.94. The third-order valence-electron chi connectivity index (χ3n) is 12.0. The first-order valence-corrected chi connectivity index (χ1v) is 19.9. The summed E-state index contributed by atoms with van der Waals surface area (Å²) < 4.78 is 4.69. The molecule has 0 spiro atoms. The minimum absolute atomic E-state index is 0.609. The van der Waals surface area contributed by atoms with Gasteiger partial charge in [-0.3, -0.25) is 4.98 Å². The molecule has 4 nitrogen and oxygen atoms in total. The molecule has 10 aromatic rings. The van der Waals surface area contributed by atoms with Gasteiger partial charge >= 0.3 is 0 Å². The number of hydrogen-bond donors (Lipinski definition) is 0. The largest absolute Gasteiger partial charge is 0.307 e. The van der Waals surface area contributed by atoms with Gasteiger partial charge in [0.2, 0.25) is 0 Å². The highest BCUT2D eigenvalue weighted by molar-refractivity contribution is 6.13. The van der Waals surface area contributed by atoms with E-state index in [2.05, 4.69) is 172 Å². The fourth-order valence-electron chi connectivity index (χ4n) is 9.90. The number of benzene rings is 7. The summed E-state index contributed by atoms with van der Waals surface area (Å²) in [5.41, 5.74) is 21.2. The maximum absolute atomic E-state index is 10.6. The second kappa shape index (κ2) is 13.5. The quantitative estimate of drug-likeness (QED) is 0.176. The van der Waals surface area contributed by atoms with Crippen LogP contribution in [-0.4, -0.2) is 14.1 Å². The summed E-state index contributed by atoms with van der Waals surface area (Å²) >= 11 is 0. The smallest absolute Gasteiger partial charge is 0.0998 e. The Labute approximate surface area is 338 Å². The van der Waals surface area contributed by atoms with E-state index in [1.165, 1.54) is 66.4 Å². The Morgan fingerprint density at radius 3 is 1.31 bits per heavy atom. The van der Waals surface area contributed by atoms with Crippen LogP contribution in [0.1, 0.15) is 38.9 Å². The Morgan fingerprint density at radius 2 is 0.845 bits per heavy atom. The number of aromatic nitrogens is 3. The zero-order valence-electron chi connectivity index (χ0n) is 33.6. The van der Waals surface area contributed by atoms with E-state index in [1.807, 2.05) is 30.6 Å². The molecule has 0 amide bonds. The van der Waals surface area contributed by atoms with Crippen LogP contribution in [0.25, 0.3) is 88.4 Å². The lowest BCUT2D eigenvalue weighted by atomic mass is 9.93. The lowest BCUT2D eigenvalue weighted by Gasteiger charge is -2.20. The maximum Gasteiger partial charge on any atom is 0.0998 e. The molecule has 0 aliphatic carbocycles. The number of rotatable bonds is 5. The van der Waals surface area contributed by atoms with Crippen molar-refractivity contribution in [2.24, 2.45) is 0 Å². The average Bonchev–Trinajstić information content (AvgIpc) is 3.72. The number of nitriles is 1. The minimum atomic E-state index is 0.609. The highest BCUT2D eigenvalue weighted by Gasteiger charge is 2.24. The van der Waals surface area contributed by atoms with E-state index < -0.39 is 0 Å². The van der Waals surface area contributed by atoms with Crippen molar-refractivity contribution in [2.45, 2.75) is 41.5 Å². The summed E-state index contributed by atoms with van der Waals surface area (Å²) in [5, 5.41) is 15.3. The number of fused-ring (bicyclic) bond motifs is 6. The molecule has 3 heterocycles. The van der Waals surface area contributed by atoms with Gasteiger partial charge in [-0.15, -0.1) is 0 Å². The molecule has 0 N–H and O–H groups in total. The van der Waals surface area contributed by atoms with E-state index in [0.29, 0.717) is 5.56 Å². The molecule has 0 fully saturated rings. The summed E-state index contributed by atoms with van der Waals surface area (Å²) in [5.74, 6) is 0. The Kier molecular flexibility index (Phi) is 8.18. The molecule has 0 saturated carbocycles. The standard InChI is InChI=1S/C54H42N4/c1-32-23-34(3)52(35(4)24-32)38-19-21-48-44(27-38)42-15-9-11-17-46(42)57(48)50-30-56-31-51(54(50)41-14-8-7-13-40(41)29-55)58-47-18-12-10-16-43(47)45-28-39(20-22-49(45)58)53-36(5)25-33(2)26-37(53)6/h7-28,30-31H,1-6H3. The predicted molar refractivity (Wildman–Crippen MR) is 242 cm³/mol. The van der Waals surface area contributed by atoms with Gasteiger partial charge in [0, 0.05) is 32.7 Å². The van der Waals surface area contributed by atoms with Crippen molar-refractivity contribution >= 4 is 43.6 Å². The van der Waals surface area contributed by atoms with E-state index in [1.54, 1.807) is 0 Å². The molecule has 10 rings (SSSR count). The average molecular weight is 747 g/mol. The normalized spacial score (nSPS) is 11.6. The molecule has 4 heteroatoms. The van der Waals surface area contributed by atoms with Gasteiger partial charge in [0.25, 0.3) is 0 Å². The molecule has 0 atom stereocenters. The van der Waals surface area contributed by atoms with Gasteiger partial charge in [-0.05, 0) is 129 Å². The van der Waals surface area contributed by atoms with Crippen LogP contribution in [0, 0.1) is 52.9 Å². The topological polar surface area (TPSA) is 46.5 Å². The molecule has 7 aromatic carbocycles. The van der Waals surface area contributed by atoms with Crippen molar-refractivity contribution in [3.05, 3.63) is 185 Å². The van der Waals surface area contributed by atoms with Crippen molar-refractivity contribution < 1.29 is 0 Å². The molecule has 58 heavy (non-hydrogen) atoms. The van der Waals surface area contributed by atoms with Crippen molar-refractivity contribution in [1.29, 1.82) is 5.26 Å². The number of nitrogens with zero attached hydrogens (tertiary/aromatic N) is 4. The van der Waals surface area contributed by atoms with Gasteiger partial charge in [0.15, 0.2) is 0 Å². The van der Waals surface area contributed by atoms with Crippen LogP contribution < -0.4 is 0 Å². The van der Waals surface area contributed by atoms with Gasteiger partial charge in [0.1, 0.15) is 0 Å². The third kappa shape index (κ3) is 5.39. The fourth-order valence-corrected chi connectivity index (χ4v) is 9.90. The van der Waals surface area contributed by atoms with Crippen molar-refractivity contribution in [3.8, 4) is 50.8 Å². The van der Waals surface area contributed by atoms with Crippen molar-refractivity contribution in [2.75, 3.05) is 0 Å². The summed E-state index contributed by atoms with van der Waals surface area (Å²) in [6.45, 7) is 13.2. The first-order valence-electron chi connectivity index (χ1n) is 19.9. The molecular formula is C54H42N4. The van der Waals surface area contributed by atoms with E-state index >= 15 is 0 Å². The van der Waals surface area contributed by atoms with Crippen LogP contribution in [0.5, 0.6) is 0 Å². The van der Waals surface area contributed by atoms with Gasteiger partial charge in [-0.25, -0.2) is 0 Å². The molecule has 3 aromatic heterocycles. The fraction of sp³-hybridized carbons (Fsp3) is 0.111. The van der Waals surface area contributed by atoms with Crippen molar-refractivity contribution in [1.82, 2.24) is 14.1 Å². The zero-order chi connectivity index (χ0) is 39.8. The molecule has 278 valence electrons. The van der Waals surface area contributed by atoms with Gasteiger partial charge in [-0.2, -0.15) is 5.26 Å². The summed E-state index contributed by atoms with van der Waals surface area (Å²) in [4.78, 5) is 5.03. The zero-order valence-corrected chi connectivity index (χ0v) is 33.6. The van der Waals surface area contributed by atoms with Crippen LogP contribution in [-0.2, 0) is 0 Å². The Bertz CT molecular complexity index is 3130. The number of para-hydroxylation sites is 2. The van der Waals surface area contributed by atoms with Crippen LogP contribution in [0.4, 0.5) is 0 Å². The van der Waals surface area contributed by atoms with Crippen LogP contribution >= 0.6 is 0 Å². The van der Waals surface area contributed by atoms with Crippen molar-refractivity contribution in [3.63, 3.8) is 0 Å². The molecule has 0 saturated heterocycles. The lowest BCUT2D eigenvalue weighted by molar-refractivity contribution is 1.09. The molecule has 0 radical (unpaired) electrons. The van der Waals surface area contributed by atoms with Gasteiger partial charge in [0.05, 0.1) is 57.5 Å². The Morgan fingerprint density at radius 1 is 0.431 bits per heavy atom. The molecule has 0 aliphatic rings. The van der Waals surface area contributed by atoms with E-state index in [-0.39, 0.29) is 0 Å². The predicted octanol–water partition coefficient (Wildman–Crippen LogP) is 14.0. The second-order valence-electron chi connectivity index (χ2n) is 15.9. The SMILES string of the molecule is Cc1cc(C)c(-c2ccc3c(c2)c2ccccc2n3-c2cncc(-n3c4ccccc4c4cc(-c5c(C)cc(C)cc5C)ccc43)c2-c2ccccc2C#N)c(C)c1.